The highest BCUT2D eigenvalue weighted by Gasteiger charge is 2.42. The van der Waals surface area contributed by atoms with Crippen molar-refractivity contribution in [2.45, 2.75) is 32.4 Å². The summed E-state index contributed by atoms with van der Waals surface area (Å²) >= 11 is 0. The molecule has 43 heavy (non-hydrogen) atoms. The minimum Gasteiger partial charge on any atom is -0.408 e. The number of rotatable bonds is 10. The lowest BCUT2D eigenvalue weighted by molar-refractivity contribution is 0.0867. The summed E-state index contributed by atoms with van der Waals surface area (Å²) in [7, 11) is -0.424. The molecule has 10 nitrogen and oxygen atoms in total. The molecule has 0 unspecified atom stereocenters. The quantitative estimate of drug-likeness (QED) is 0.189. The standard InChI is InChI=1S/C31H30BFN6O4/c1-4-41-32-24-15-14-20(16-23(24)31(2,3)43-32)35-30-34-17-22(27(38-30)36-26(18-40)19-10-6-5-7-11-19)29-37-28(39-42-29)21-12-8-9-13-25(21)33/h5-17,26,40H,4,18H2,1-3H3,(H2,34,35,36,38)/t26-/m1/s1. The average molecular weight is 580 g/mol. The van der Waals surface area contributed by atoms with E-state index in [9.17, 15) is 9.50 Å². The van der Waals surface area contributed by atoms with Crippen molar-refractivity contribution in [3.8, 4) is 22.8 Å². The first-order valence-corrected chi connectivity index (χ1v) is 14.0. The lowest BCUT2D eigenvalue weighted by Crippen LogP contribution is -2.32. The van der Waals surface area contributed by atoms with Crippen LogP contribution < -0.4 is 16.1 Å². The van der Waals surface area contributed by atoms with Gasteiger partial charge in [-0.3, -0.25) is 0 Å². The third-order valence-electron chi connectivity index (χ3n) is 7.19. The first kappa shape index (κ1) is 28.5. The van der Waals surface area contributed by atoms with Gasteiger partial charge in [0.25, 0.3) is 5.89 Å². The molecule has 12 heteroatoms. The third kappa shape index (κ3) is 5.85. The zero-order valence-corrected chi connectivity index (χ0v) is 23.9. The first-order valence-electron chi connectivity index (χ1n) is 14.0. The van der Waals surface area contributed by atoms with E-state index in [-0.39, 0.29) is 23.9 Å². The van der Waals surface area contributed by atoms with Crippen molar-refractivity contribution >= 4 is 30.0 Å². The molecule has 5 aromatic rings. The molecule has 0 saturated heterocycles. The van der Waals surface area contributed by atoms with Gasteiger partial charge in [0.15, 0.2) is 0 Å². The van der Waals surface area contributed by atoms with Crippen LogP contribution in [0, 0.1) is 5.82 Å². The second-order valence-corrected chi connectivity index (χ2v) is 10.5. The molecular weight excluding hydrogens is 550 g/mol. The Morgan fingerprint density at radius 2 is 1.81 bits per heavy atom. The van der Waals surface area contributed by atoms with Crippen molar-refractivity contribution in [1.29, 1.82) is 0 Å². The summed E-state index contributed by atoms with van der Waals surface area (Å²) in [5.74, 6) is 0.351. The van der Waals surface area contributed by atoms with E-state index in [2.05, 4.69) is 25.8 Å². The fourth-order valence-corrected chi connectivity index (χ4v) is 5.04. The topological polar surface area (TPSA) is 127 Å². The van der Waals surface area contributed by atoms with E-state index in [4.69, 9.17) is 18.8 Å². The van der Waals surface area contributed by atoms with Gasteiger partial charge in [0.1, 0.15) is 17.2 Å². The molecule has 218 valence electrons. The molecule has 1 atom stereocenters. The second kappa shape index (κ2) is 11.9. The summed E-state index contributed by atoms with van der Waals surface area (Å²) in [6, 6.07) is 21.1. The largest absolute Gasteiger partial charge is 0.494 e. The first-order chi connectivity index (χ1) is 20.9. The number of anilines is 3. The maximum Gasteiger partial charge on any atom is 0.494 e. The molecule has 6 rings (SSSR count). The summed E-state index contributed by atoms with van der Waals surface area (Å²) in [6.45, 7) is 6.27. The average Bonchev–Trinajstić information content (AvgIpc) is 3.59. The molecule has 0 aliphatic carbocycles. The normalized spacial score (nSPS) is 14.4. The number of halogens is 1. The lowest BCUT2D eigenvalue weighted by atomic mass is 9.77. The van der Waals surface area contributed by atoms with Crippen LogP contribution in [-0.4, -0.2) is 45.5 Å². The van der Waals surface area contributed by atoms with Crippen molar-refractivity contribution in [1.82, 2.24) is 20.1 Å². The van der Waals surface area contributed by atoms with E-state index in [1.54, 1.807) is 24.4 Å². The second-order valence-electron chi connectivity index (χ2n) is 10.5. The van der Waals surface area contributed by atoms with Gasteiger partial charge < -0.3 is 29.6 Å². The van der Waals surface area contributed by atoms with Crippen LogP contribution in [0.4, 0.5) is 21.8 Å². The third-order valence-corrected chi connectivity index (χ3v) is 7.19. The van der Waals surface area contributed by atoms with Crippen LogP contribution in [0.25, 0.3) is 22.8 Å². The van der Waals surface area contributed by atoms with Crippen molar-refractivity contribution in [3.05, 3.63) is 95.9 Å². The molecule has 0 amide bonds. The Balaban J connectivity index is 1.35. The van der Waals surface area contributed by atoms with Gasteiger partial charge in [-0.15, -0.1) is 0 Å². The van der Waals surface area contributed by atoms with E-state index in [1.165, 1.54) is 6.07 Å². The maximum atomic E-state index is 14.4. The van der Waals surface area contributed by atoms with E-state index >= 15 is 0 Å². The number of aliphatic hydroxyl groups excluding tert-OH is 1. The van der Waals surface area contributed by atoms with Crippen LogP contribution >= 0.6 is 0 Å². The van der Waals surface area contributed by atoms with Crippen LogP contribution in [0.2, 0.25) is 0 Å². The monoisotopic (exact) mass is 580 g/mol. The molecule has 1 aliphatic heterocycles. The Bertz CT molecular complexity index is 1730. The zero-order chi connectivity index (χ0) is 30.0. The van der Waals surface area contributed by atoms with Crippen molar-refractivity contribution in [3.63, 3.8) is 0 Å². The van der Waals surface area contributed by atoms with Gasteiger partial charge in [-0.25, -0.2) is 9.37 Å². The minimum absolute atomic E-state index is 0.0930. The molecule has 1 aliphatic rings. The SMILES string of the molecule is CCOB1OC(C)(C)c2cc(Nc3ncc(-c4nc(-c5ccccc5F)no4)c(N[C@H](CO)c4ccccc4)n3)ccc21. The predicted octanol–water partition coefficient (Wildman–Crippen LogP) is 5.22. The maximum absolute atomic E-state index is 14.4. The number of nitrogens with one attached hydrogen (secondary N) is 2. The zero-order valence-electron chi connectivity index (χ0n) is 23.9. The fraction of sp³-hybridized carbons (Fsp3) is 0.226. The molecule has 0 saturated carbocycles. The Labute approximate surface area is 248 Å². The molecule has 3 heterocycles. The molecule has 3 N–H and O–H groups in total. The highest BCUT2D eigenvalue weighted by molar-refractivity contribution is 6.63. The molecular formula is C31H30BFN6O4. The highest BCUT2D eigenvalue weighted by atomic mass is 19.1. The summed E-state index contributed by atoms with van der Waals surface area (Å²) in [5, 5.41) is 20.8. The Hall–Kier alpha value is -4.65. The molecule has 0 fully saturated rings. The van der Waals surface area contributed by atoms with E-state index < -0.39 is 24.6 Å². The number of nitrogens with zero attached hydrogens (tertiary/aromatic N) is 4. The minimum atomic E-state index is -0.539. The van der Waals surface area contributed by atoms with Gasteiger partial charge in [-0.05, 0) is 61.6 Å². The van der Waals surface area contributed by atoms with Gasteiger partial charge in [0.2, 0.25) is 11.8 Å². The number of hydrogen-bond donors (Lipinski definition) is 3. The van der Waals surface area contributed by atoms with E-state index in [0.29, 0.717) is 23.9 Å². The summed E-state index contributed by atoms with van der Waals surface area (Å²) in [6.07, 6.45) is 1.54. The van der Waals surface area contributed by atoms with Gasteiger partial charge in [-0.1, -0.05) is 53.7 Å². The number of benzene rings is 3. The van der Waals surface area contributed by atoms with Crippen LogP contribution in [0.15, 0.2) is 83.5 Å². The van der Waals surface area contributed by atoms with Crippen LogP contribution in [-0.2, 0) is 14.9 Å². The van der Waals surface area contributed by atoms with Gasteiger partial charge in [-0.2, -0.15) is 9.97 Å². The number of hydrogen-bond acceptors (Lipinski definition) is 10. The highest BCUT2D eigenvalue weighted by Crippen LogP contribution is 2.34. The van der Waals surface area contributed by atoms with Crippen molar-refractivity contribution in [2.24, 2.45) is 0 Å². The molecule has 0 radical (unpaired) electrons. The van der Waals surface area contributed by atoms with E-state index in [0.717, 1.165) is 22.3 Å². The molecule has 0 bridgehead atoms. The lowest BCUT2D eigenvalue weighted by Gasteiger charge is -2.21. The molecule has 0 spiro atoms. The molecule has 3 aromatic carbocycles. The summed E-state index contributed by atoms with van der Waals surface area (Å²) in [5.41, 5.74) is 3.65. The smallest absolute Gasteiger partial charge is 0.408 e. The fourth-order valence-electron chi connectivity index (χ4n) is 5.04. The Kier molecular flexibility index (Phi) is 7.89. The predicted molar refractivity (Wildman–Crippen MR) is 161 cm³/mol. The van der Waals surface area contributed by atoms with Gasteiger partial charge in [0, 0.05) is 18.5 Å². The van der Waals surface area contributed by atoms with Crippen molar-refractivity contribution < 1.29 is 23.3 Å². The summed E-state index contributed by atoms with van der Waals surface area (Å²) < 4.78 is 31.8. The Morgan fingerprint density at radius 1 is 1.02 bits per heavy atom. The number of aliphatic hydroxyl groups is 1. The van der Waals surface area contributed by atoms with Crippen LogP contribution in [0.1, 0.15) is 37.9 Å². The van der Waals surface area contributed by atoms with Gasteiger partial charge >= 0.3 is 7.12 Å². The molecule has 2 aromatic heterocycles. The number of fused-ring (bicyclic) bond motifs is 1. The van der Waals surface area contributed by atoms with Gasteiger partial charge in [0.05, 0.1) is 23.8 Å². The van der Waals surface area contributed by atoms with Crippen LogP contribution in [0.5, 0.6) is 0 Å². The van der Waals surface area contributed by atoms with Crippen molar-refractivity contribution in [2.75, 3.05) is 23.8 Å². The van der Waals surface area contributed by atoms with E-state index in [1.807, 2.05) is 69.3 Å². The number of aromatic nitrogens is 4. The summed E-state index contributed by atoms with van der Waals surface area (Å²) in [4.78, 5) is 13.7. The Morgan fingerprint density at radius 3 is 2.58 bits per heavy atom. The van der Waals surface area contributed by atoms with Crippen LogP contribution in [0.3, 0.4) is 0 Å².